The molecule has 1 N–H and O–H groups in total. The molecule has 116 valence electrons. The van der Waals surface area contributed by atoms with Crippen LogP contribution in [0, 0.1) is 0 Å². The maximum Gasteiger partial charge on any atom is 0.332 e. The van der Waals surface area contributed by atoms with E-state index in [0.29, 0.717) is 30.7 Å². The standard InChI is InChI=1S/C14H21N3O3S/c1-2-20-11(13(18)19)7-8-21-14-16-15-12(9-3-4-9)17(14)10-5-6-10/h9-11H,2-8H2,1H3,(H,18,19). The van der Waals surface area contributed by atoms with Gasteiger partial charge >= 0.3 is 5.97 Å². The van der Waals surface area contributed by atoms with Crippen molar-refractivity contribution in [3.8, 4) is 0 Å². The van der Waals surface area contributed by atoms with E-state index in [0.717, 1.165) is 11.0 Å². The van der Waals surface area contributed by atoms with Crippen LogP contribution in [0.25, 0.3) is 0 Å². The summed E-state index contributed by atoms with van der Waals surface area (Å²) in [7, 11) is 0. The van der Waals surface area contributed by atoms with Crippen LogP contribution in [0.5, 0.6) is 0 Å². The predicted octanol–water partition coefficient (Wildman–Crippen LogP) is 2.46. The van der Waals surface area contributed by atoms with Crippen LogP contribution >= 0.6 is 11.8 Å². The smallest absolute Gasteiger partial charge is 0.332 e. The molecule has 2 aliphatic rings. The molecule has 0 aromatic carbocycles. The fourth-order valence-electron chi connectivity index (χ4n) is 2.42. The summed E-state index contributed by atoms with van der Waals surface area (Å²) in [6.07, 6.45) is 4.64. The first kappa shape index (κ1) is 14.8. The Morgan fingerprint density at radius 3 is 2.76 bits per heavy atom. The summed E-state index contributed by atoms with van der Waals surface area (Å²) >= 11 is 1.60. The fraction of sp³-hybridized carbons (Fsp3) is 0.786. The van der Waals surface area contributed by atoms with Gasteiger partial charge in [-0.2, -0.15) is 0 Å². The van der Waals surface area contributed by atoms with Crippen LogP contribution in [0.15, 0.2) is 5.16 Å². The number of aromatic nitrogens is 3. The van der Waals surface area contributed by atoms with Gasteiger partial charge in [0.1, 0.15) is 5.82 Å². The molecule has 0 saturated heterocycles. The van der Waals surface area contributed by atoms with E-state index in [9.17, 15) is 4.79 Å². The highest BCUT2D eigenvalue weighted by molar-refractivity contribution is 7.99. The number of nitrogens with zero attached hydrogens (tertiary/aromatic N) is 3. The molecule has 1 atom stereocenters. The first-order valence-electron chi connectivity index (χ1n) is 7.62. The van der Waals surface area contributed by atoms with Crippen LogP contribution in [0.3, 0.4) is 0 Å². The lowest BCUT2D eigenvalue weighted by atomic mass is 10.3. The number of ether oxygens (including phenoxy) is 1. The Labute approximate surface area is 128 Å². The first-order chi connectivity index (χ1) is 10.2. The van der Waals surface area contributed by atoms with Gasteiger partial charge < -0.3 is 14.4 Å². The largest absolute Gasteiger partial charge is 0.479 e. The Morgan fingerprint density at radius 1 is 1.43 bits per heavy atom. The minimum Gasteiger partial charge on any atom is -0.479 e. The summed E-state index contributed by atoms with van der Waals surface area (Å²) in [4.78, 5) is 11.1. The number of carboxylic acids is 1. The zero-order valence-corrected chi connectivity index (χ0v) is 13.0. The van der Waals surface area contributed by atoms with Crippen molar-refractivity contribution in [1.29, 1.82) is 0 Å². The molecular weight excluding hydrogens is 290 g/mol. The van der Waals surface area contributed by atoms with Crippen molar-refractivity contribution in [3.63, 3.8) is 0 Å². The molecule has 0 radical (unpaired) electrons. The SMILES string of the molecule is CCOC(CCSc1nnc(C2CC2)n1C1CC1)C(=O)O. The van der Waals surface area contributed by atoms with Gasteiger partial charge in [-0.1, -0.05) is 11.8 Å². The number of thioether (sulfide) groups is 1. The maximum absolute atomic E-state index is 11.1. The van der Waals surface area contributed by atoms with Crippen LogP contribution in [0.1, 0.15) is 56.8 Å². The van der Waals surface area contributed by atoms with Gasteiger partial charge in [0.2, 0.25) is 0 Å². The molecule has 2 fully saturated rings. The maximum atomic E-state index is 11.1. The second-order valence-corrected chi connectivity index (χ2v) is 6.70. The van der Waals surface area contributed by atoms with E-state index in [4.69, 9.17) is 9.84 Å². The molecule has 7 heteroatoms. The summed E-state index contributed by atoms with van der Waals surface area (Å²) in [5, 5.41) is 18.7. The minimum atomic E-state index is -0.889. The number of hydrogen-bond acceptors (Lipinski definition) is 5. The molecule has 0 aliphatic heterocycles. The van der Waals surface area contributed by atoms with Crippen molar-refractivity contribution in [2.24, 2.45) is 0 Å². The van der Waals surface area contributed by atoms with Crippen molar-refractivity contribution < 1.29 is 14.6 Å². The zero-order chi connectivity index (χ0) is 14.8. The molecule has 2 aliphatic carbocycles. The third-order valence-corrected chi connectivity index (χ3v) is 4.78. The molecule has 1 unspecified atom stereocenters. The molecule has 2 saturated carbocycles. The van der Waals surface area contributed by atoms with Crippen LogP contribution in [0.2, 0.25) is 0 Å². The quantitative estimate of drug-likeness (QED) is 0.706. The average molecular weight is 311 g/mol. The highest BCUT2D eigenvalue weighted by Gasteiger charge is 2.36. The lowest BCUT2D eigenvalue weighted by Gasteiger charge is -2.12. The van der Waals surface area contributed by atoms with E-state index in [1.165, 1.54) is 25.7 Å². The van der Waals surface area contributed by atoms with Gasteiger partial charge in [0.15, 0.2) is 11.3 Å². The fourth-order valence-corrected chi connectivity index (χ4v) is 3.41. The molecule has 0 bridgehead atoms. The Hall–Kier alpha value is -1.08. The third-order valence-electron chi connectivity index (χ3n) is 3.80. The topological polar surface area (TPSA) is 77.2 Å². The van der Waals surface area contributed by atoms with Crippen molar-refractivity contribution in [2.45, 2.75) is 62.2 Å². The van der Waals surface area contributed by atoms with E-state index < -0.39 is 12.1 Å². The molecular formula is C14H21N3O3S. The summed E-state index contributed by atoms with van der Waals surface area (Å²) in [5.41, 5.74) is 0. The lowest BCUT2D eigenvalue weighted by Crippen LogP contribution is -2.24. The molecule has 21 heavy (non-hydrogen) atoms. The Morgan fingerprint density at radius 2 is 2.19 bits per heavy atom. The van der Waals surface area contributed by atoms with Gasteiger partial charge in [-0.15, -0.1) is 10.2 Å². The van der Waals surface area contributed by atoms with Gasteiger partial charge in [-0.25, -0.2) is 4.79 Å². The minimum absolute atomic E-state index is 0.422. The number of rotatable bonds is 9. The van der Waals surface area contributed by atoms with Crippen LogP contribution in [-0.4, -0.2) is 44.3 Å². The predicted molar refractivity (Wildman–Crippen MR) is 78.7 cm³/mol. The molecule has 1 heterocycles. The summed E-state index contributed by atoms with van der Waals surface area (Å²) < 4.78 is 7.52. The molecule has 0 amide bonds. The molecule has 3 rings (SSSR count). The van der Waals surface area contributed by atoms with Gasteiger partial charge in [0, 0.05) is 24.3 Å². The Kier molecular flexibility index (Phi) is 4.49. The molecule has 1 aromatic heterocycles. The lowest BCUT2D eigenvalue weighted by molar-refractivity contribution is -0.150. The van der Waals surface area contributed by atoms with Gasteiger partial charge in [-0.05, 0) is 39.0 Å². The van der Waals surface area contributed by atoms with Gasteiger partial charge in [-0.3, -0.25) is 0 Å². The Bertz CT molecular complexity index is 512. The van der Waals surface area contributed by atoms with Crippen molar-refractivity contribution in [2.75, 3.05) is 12.4 Å². The van der Waals surface area contributed by atoms with E-state index >= 15 is 0 Å². The third kappa shape index (κ3) is 3.58. The van der Waals surface area contributed by atoms with Crippen molar-refractivity contribution in [3.05, 3.63) is 5.82 Å². The highest BCUT2D eigenvalue weighted by atomic mass is 32.2. The van der Waals surface area contributed by atoms with Crippen molar-refractivity contribution in [1.82, 2.24) is 14.8 Å². The van der Waals surface area contributed by atoms with E-state index in [1.807, 2.05) is 6.92 Å². The van der Waals surface area contributed by atoms with E-state index in [-0.39, 0.29) is 0 Å². The molecule has 6 nitrogen and oxygen atoms in total. The summed E-state index contributed by atoms with van der Waals surface area (Å²) in [5.74, 6) is 1.54. The van der Waals surface area contributed by atoms with Crippen LogP contribution in [-0.2, 0) is 9.53 Å². The molecule has 1 aromatic rings. The monoisotopic (exact) mass is 311 g/mol. The average Bonchev–Trinajstić information content (AvgIpc) is 3.37. The van der Waals surface area contributed by atoms with E-state index in [1.54, 1.807) is 11.8 Å². The number of aliphatic carboxylic acids is 1. The summed E-state index contributed by atoms with van der Waals surface area (Å²) in [6.45, 7) is 2.24. The number of carboxylic acid groups (broad SMARTS) is 1. The number of carbonyl (C=O) groups is 1. The normalized spacial score (nSPS) is 19.7. The Balaban J connectivity index is 1.59. The second kappa shape index (κ2) is 6.36. The molecule has 0 spiro atoms. The van der Waals surface area contributed by atoms with Gasteiger partial charge in [0.05, 0.1) is 0 Å². The van der Waals surface area contributed by atoms with Crippen molar-refractivity contribution >= 4 is 17.7 Å². The van der Waals surface area contributed by atoms with Crippen LogP contribution < -0.4 is 0 Å². The van der Waals surface area contributed by atoms with E-state index in [2.05, 4.69) is 14.8 Å². The second-order valence-electron chi connectivity index (χ2n) is 5.64. The van der Waals surface area contributed by atoms with Crippen LogP contribution in [0.4, 0.5) is 0 Å². The first-order valence-corrected chi connectivity index (χ1v) is 8.61. The number of hydrogen-bond donors (Lipinski definition) is 1. The summed E-state index contributed by atoms with van der Waals surface area (Å²) in [6, 6.07) is 0.570. The highest BCUT2D eigenvalue weighted by Crippen LogP contribution is 2.46. The van der Waals surface area contributed by atoms with Gasteiger partial charge in [0.25, 0.3) is 0 Å². The zero-order valence-electron chi connectivity index (χ0n) is 12.2.